The lowest BCUT2D eigenvalue weighted by Crippen LogP contribution is -2.37. The Balaban J connectivity index is 1.89. The minimum absolute atomic E-state index is 0.0133. The molecule has 106 valence electrons. The third kappa shape index (κ3) is 2.39. The molecule has 3 heterocycles. The van der Waals surface area contributed by atoms with Gasteiger partial charge in [-0.3, -0.25) is 4.79 Å². The fraction of sp³-hybridized carbons (Fsp3) is 0.429. The second-order valence-corrected chi connectivity index (χ2v) is 6.83. The molecule has 1 aliphatic rings. The van der Waals surface area contributed by atoms with Crippen LogP contribution in [0.5, 0.6) is 0 Å². The number of rotatable bonds is 3. The summed E-state index contributed by atoms with van der Waals surface area (Å²) >= 11 is 3.08. The number of amides is 1. The quantitative estimate of drug-likeness (QED) is 0.948. The molecule has 0 unspecified atom stereocenters. The van der Waals surface area contributed by atoms with Gasteiger partial charge >= 0.3 is 0 Å². The summed E-state index contributed by atoms with van der Waals surface area (Å²) in [6.07, 6.45) is 1.85. The first-order valence-electron chi connectivity index (χ1n) is 6.64. The van der Waals surface area contributed by atoms with Crippen molar-refractivity contribution in [3.05, 3.63) is 28.1 Å². The number of aromatic nitrogens is 1. The predicted octanol–water partition coefficient (Wildman–Crippen LogP) is 2.78. The second kappa shape index (κ2) is 5.63. The van der Waals surface area contributed by atoms with Crippen LogP contribution in [0.1, 0.15) is 28.2 Å². The Bertz CT molecular complexity index is 607. The summed E-state index contributed by atoms with van der Waals surface area (Å²) in [5.41, 5.74) is 0.784. The van der Waals surface area contributed by atoms with Crippen LogP contribution < -0.4 is 0 Å². The maximum Gasteiger partial charge on any atom is 0.266 e. The van der Waals surface area contributed by atoms with Gasteiger partial charge in [0.2, 0.25) is 0 Å². The van der Waals surface area contributed by atoms with Gasteiger partial charge in [0.25, 0.3) is 5.91 Å². The van der Waals surface area contributed by atoms with Crippen LogP contribution in [0.2, 0.25) is 0 Å². The van der Waals surface area contributed by atoms with Gasteiger partial charge in [-0.1, -0.05) is 6.07 Å². The molecule has 0 saturated carbocycles. The van der Waals surface area contributed by atoms with Gasteiger partial charge in [-0.15, -0.1) is 22.7 Å². The zero-order valence-electron chi connectivity index (χ0n) is 11.2. The molecule has 6 heteroatoms. The van der Waals surface area contributed by atoms with E-state index in [4.69, 9.17) is 0 Å². The van der Waals surface area contributed by atoms with Gasteiger partial charge in [0.05, 0.1) is 23.2 Å². The number of thiazole rings is 1. The molecule has 1 N–H and O–H groups in total. The number of nitrogens with zero attached hydrogens (tertiary/aromatic N) is 2. The van der Waals surface area contributed by atoms with Crippen molar-refractivity contribution >= 4 is 28.6 Å². The van der Waals surface area contributed by atoms with Crippen LogP contribution in [-0.2, 0) is 0 Å². The van der Waals surface area contributed by atoms with E-state index >= 15 is 0 Å². The Labute approximate surface area is 125 Å². The standard InChI is InChI=1S/C14H16N2O2S2/c1-9-12(14(18)16-6-2-4-10(16)8-17)20-13(15-9)11-5-3-7-19-11/h3,5,7,10,17H,2,4,6,8H2,1H3/t10-/m1/s1. The van der Waals surface area contributed by atoms with Crippen LogP contribution in [0.25, 0.3) is 9.88 Å². The Morgan fingerprint density at radius 2 is 2.45 bits per heavy atom. The number of aliphatic hydroxyl groups is 1. The number of aryl methyl sites for hydroxylation is 1. The average Bonchev–Trinajstić information content (AvgIpc) is 3.17. The molecule has 1 amide bonds. The van der Waals surface area contributed by atoms with Crippen molar-refractivity contribution in [2.75, 3.05) is 13.2 Å². The Morgan fingerprint density at radius 1 is 1.60 bits per heavy atom. The maximum absolute atomic E-state index is 12.6. The number of hydrogen-bond donors (Lipinski definition) is 1. The van der Waals surface area contributed by atoms with Crippen LogP contribution in [-0.4, -0.2) is 40.1 Å². The van der Waals surface area contributed by atoms with Crippen molar-refractivity contribution in [2.45, 2.75) is 25.8 Å². The molecule has 0 aliphatic carbocycles. The monoisotopic (exact) mass is 308 g/mol. The molecule has 0 radical (unpaired) electrons. The SMILES string of the molecule is Cc1nc(-c2cccs2)sc1C(=O)N1CCC[C@@H]1CO. The average molecular weight is 308 g/mol. The molecule has 1 saturated heterocycles. The summed E-state index contributed by atoms with van der Waals surface area (Å²) in [5, 5.41) is 12.3. The number of aliphatic hydroxyl groups excluding tert-OH is 1. The Hall–Kier alpha value is -1.24. The van der Waals surface area contributed by atoms with Gasteiger partial charge in [-0.25, -0.2) is 4.98 Å². The maximum atomic E-state index is 12.6. The van der Waals surface area contributed by atoms with E-state index in [1.54, 1.807) is 16.2 Å². The van der Waals surface area contributed by atoms with E-state index in [0.29, 0.717) is 4.88 Å². The Morgan fingerprint density at radius 3 is 3.15 bits per heavy atom. The van der Waals surface area contributed by atoms with Crippen molar-refractivity contribution in [2.24, 2.45) is 0 Å². The topological polar surface area (TPSA) is 53.4 Å². The largest absolute Gasteiger partial charge is 0.394 e. The summed E-state index contributed by atoms with van der Waals surface area (Å²) in [6.45, 7) is 2.65. The van der Waals surface area contributed by atoms with Crippen LogP contribution >= 0.6 is 22.7 Å². The number of hydrogen-bond acceptors (Lipinski definition) is 5. The zero-order valence-corrected chi connectivity index (χ0v) is 12.8. The van der Waals surface area contributed by atoms with Crippen molar-refractivity contribution < 1.29 is 9.90 Å². The van der Waals surface area contributed by atoms with Gasteiger partial charge in [-0.2, -0.15) is 0 Å². The van der Waals surface area contributed by atoms with Crippen molar-refractivity contribution in [1.29, 1.82) is 0 Å². The number of thiophene rings is 1. The molecular formula is C14H16N2O2S2. The van der Waals surface area contributed by atoms with E-state index < -0.39 is 0 Å². The van der Waals surface area contributed by atoms with Crippen LogP contribution in [0, 0.1) is 6.92 Å². The molecule has 4 nitrogen and oxygen atoms in total. The fourth-order valence-corrected chi connectivity index (χ4v) is 4.34. The van der Waals surface area contributed by atoms with Crippen molar-refractivity contribution in [3.63, 3.8) is 0 Å². The molecule has 2 aromatic heterocycles. The van der Waals surface area contributed by atoms with Crippen LogP contribution in [0.3, 0.4) is 0 Å². The summed E-state index contributed by atoms with van der Waals surface area (Å²) in [4.78, 5) is 20.7. The van der Waals surface area contributed by atoms with E-state index in [9.17, 15) is 9.90 Å². The second-order valence-electron chi connectivity index (χ2n) is 4.89. The summed E-state index contributed by atoms with van der Waals surface area (Å²) < 4.78 is 0. The fourth-order valence-electron chi connectivity index (χ4n) is 2.52. The first-order chi connectivity index (χ1) is 9.70. The van der Waals surface area contributed by atoms with Gasteiger partial charge in [0, 0.05) is 6.54 Å². The summed E-state index contributed by atoms with van der Waals surface area (Å²) in [6, 6.07) is 3.97. The smallest absolute Gasteiger partial charge is 0.266 e. The van der Waals surface area contributed by atoms with Gasteiger partial charge in [0.15, 0.2) is 0 Å². The first-order valence-corrected chi connectivity index (χ1v) is 8.33. The molecular weight excluding hydrogens is 292 g/mol. The lowest BCUT2D eigenvalue weighted by Gasteiger charge is -2.22. The summed E-state index contributed by atoms with van der Waals surface area (Å²) in [7, 11) is 0. The number of carbonyl (C=O) groups is 1. The highest BCUT2D eigenvalue weighted by Crippen LogP contribution is 2.32. The lowest BCUT2D eigenvalue weighted by atomic mass is 10.2. The highest BCUT2D eigenvalue weighted by atomic mass is 32.1. The molecule has 20 heavy (non-hydrogen) atoms. The molecule has 0 aromatic carbocycles. The van der Waals surface area contributed by atoms with E-state index in [2.05, 4.69) is 4.98 Å². The molecule has 1 aliphatic heterocycles. The van der Waals surface area contributed by atoms with E-state index in [-0.39, 0.29) is 18.6 Å². The molecule has 3 rings (SSSR count). The molecule has 2 aromatic rings. The highest BCUT2D eigenvalue weighted by Gasteiger charge is 2.31. The van der Waals surface area contributed by atoms with Crippen molar-refractivity contribution in [1.82, 2.24) is 9.88 Å². The zero-order chi connectivity index (χ0) is 14.1. The molecule has 0 spiro atoms. The minimum atomic E-state index is -0.0332. The minimum Gasteiger partial charge on any atom is -0.394 e. The number of likely N-dealkylation sites (tertiary alicyclic amines) is 1. The van der Waals surface area contributed by atoms with Gasteiger partial charge < -0.3 is 10.0 Å². The predicted molar refractivity (Wildman–Crippen MR) is 81.3 cm³/mol. The number of carbonyl (C=O) groups excluding carboxylic acids is 1. The third-order valence-corrected chi connectivity index (χ3v) is 5.76. The lowest BCUT2D eigenvalue weighted by molar-refractivity contribution is 0.0681. The van der Waals surface area contributed by atoms with E-state index in [1.165, 1.54) is 11.3 Å². The molecule has 1 atom stereocenters. The Kier molecular flexibility index (Phi) is 3.87. The third-order valence-electron chi connectivity index (χ3n) is 3.57. The van der Waals surface area contributed by atoms with Crippen LogP contribution in [0.15, 0.2) is 17.5 Å². The van der Waals surface area contributed by atoms with Crippen molar-refractivity contribution in [3.8, 4) is 9.88 Å². The van der Waals surface area contributed by atoms with Gasteiger partial charge in [0.1, 0.15) is 9.88 Å². The van der Waals surface area contributed by atoms with E-state index in [0.717, 1.165) is 35.0 Å². The first kappa shape index (κ1) is 13.7. The van der Waals surface area contributed by atoms with Gasteiger partial charge in [-0.05, 0) is 31.2 Å². The molecule has 0 bridgehead atoms. The van der Waals surface area contributed by atoms with E-state index in [1.807, 2.05) is 24.4 Å². The molecule has 1 fully saturated rings. The normalized spacial score (nSPS) is 18.7. The highest BCUT2D eigenvalue weighted by molar-refractivity contribution is 7.22. The summed E-state index contributed by atoms with van der Waals surface area (Å²) in [5.74, 6) is 0.0133. The van der Waals surface area contributed by atoms with Crippen LogP contribution in [0.4, 0.5) is 0 Å².